The van der Waals surface area contributed by atoms with Crippen LogP contribution in [0.2, 0.25) is 0 Å². The van der Waals surface area contributed by atoms with Crippen molar-refractivity contribution in [2.75, 3.05) is 29.9 Å². The number of aromatic nitrogens is 6. The van der Waals surface area contributed by atoms with Crippen molar-refractivity contribution >= 4 is 28.4 Å². The summed E-state index contributed by atoms with van der Waals surface area (Å²) in [6.07, 6.45) is 4.21. The molecular weight excluding hydrogens is 487 g/mol. The van der Waals surface area contributed by atoms with Crippen molar-refractivity contribution in [3.05, 3.63) is 43.0 Å². The van der Waals surface area contributed by atoms with Crippen LogP contribution in [0.4, 0.5) is 30.5 Å². The topological polar surface area (TPSA) is 123 Å². The van der Waals surface area contributed by atoms with Crippen molar-refractivity contribution in [3.63, 3.8) is 0 Å². The van der Waals surface area contributed by atoms with Gasteiger partial charge in [0, 0.05) is 72.9 Å². The first-order chi connectivity index (χ1) is 17.8. The Labute approximate surface area is 210 Å². The summed E-state index contributed by atoms with van der Waals surface area (Å²) in [6, 6.07) is 5.60. The summed E-state index contributed by atoms with van der Waals surface area (Å²) in [4.78, 5) is 11.3. The fraction of sp³-hybridized carbons (Fsp3) is 0.417. The molecule has 13 heteroatoms. The highest BCUT2D eigenvalue weighted by atomic mass is 19.4. The van der Waals surface area contributed by atoms with Crippen LogP contribution in [0.15, 0.2) is 43.0 Å². The standard InChI is InChI=1S/C24H28F3N9O/c25-24(26,27)15-35-13-17(11-30-35)19-12-29-22(9-20(19)34-6-1-3-18(28)14-34)32-21-5-4-16-10-31-36(7-2-8-37)23(16)33-21/h4-5,9-13,18,37H,1-3,6-8,14-15,28H2,(H,29,32,33)/t18-/m0/s1. The van der Waals surface area contributed by atoms with Gasteiger partial charge in [-0.15, -0.1) is 0 Å². The van der Waals surface area contributed by atoms with E-state index in [9.17, 15) is 13.2 Å². The fourth-order valence-electron chi connectivity index (χ4n) is 4.54. The monoisotopic (exact) mass is 515 g/mol. The lowest BCUT2D eigenvalue weighted by molar-refractivity contribution is -0.142. The first-order valence-corrected chi connectivity index (χ1v) is 12.1. The van der Waals surface area contributed by atoms with Crippen molar-refractivity contribution in [2.24, 2.45) is 5.73 Å². The minimum Gasteiger partial charge on any atom is -0.396 e. The van der Waals surface area contributed by atoms with Gasteiger partial charge < -0.3 is 21.1 Å². The molecule has 1 fully saturated rings. The first-order valence-electron chi connectivity index (χ1n) is 12.1. The van der Waals surface area contributed by atoms with Gasteiger partial charge in [-0.05, 0) is 31.4 Å². The summed E-state index contributed by atoms with van der Waals surface area (Å²) in [5, 5.41) is 21.5. The molecule has 1 aliphatic rings. The van der Waals surface area contributed by atoms with Crippen LogP contribution in [-0.2, 0) is 13.1 Å². The lowest BCUT2D eigenvalue weighted by Gasteiger charge is -2.34. The molecule has 1 atom stereocenters. The third-order valence-electron chi connectivity index (χ3n) is 6.24. The summed E-state index contributed by atoms with van der Waals surface area (Å²) in [5.41, 5.74) is 8.96. The number of hydrogen-bond acceptors (Lipinski definition) is 8. The van der Waals surface area contributed by atoms with Gasteiger partial charge >= 0.3 is 6.18 Å². The van der Waals surface area contributed by atoms with Crippen LogP contribution in [0.25, 0.3) is 22.2 Å². The highest BCUT2D eigenvalue weighted by molar-refractivity contribution is 5.81. The van der Waals surface area contributed by atoms with Crippen LogP contribution in [0.5, 0.6) is 0 Å². The van der Waals surface area contributed by atoms with E-state index >= 15 is 0 Å². The lowest BCUT2D eigenvalue weighted by atomic mass is 10.0. The number of pyridine rings is 2. The van der Waals surface area contributed by atoms with Crippen LogP contribution < -0.4 is 16.0 Å². The maximum atomic E-state index is 12.9. The number of aliphatic hydroxyl groups excluding tert-OH is 1. The molecule has 10 nitrogen and oxygen atoms in total. The van der Waals surface area contributed by atoms with Gasteiger partial charge in [0.2, 0.25) is 0 Å². The molecule has 4 N–H and O–H groups in total. The number of aliphatic hydroxyl groups is 1. The molecule has 0 unspecified atom stereocenters. The van der Waals surface area contributed by atoms with Crippen molar-refractivity contribution in [1.29, 1.82) is 0 Å². The van der Waals surface area contributed by atoms with E-state index < -0.39 is 12.7 Å². The number of nitrogens with zero attached hydrogens (tertiary/aromatic N) is 7. The maximum absolute atomic E-state index is 12.9. The SMILES string of the molecule is N[C@H]1CCCN(c2cc(Nc3ccc4cnn(CCCO)c4n3)ncc2-c2cnn(CC(F)(F)F)c2)C1. The highest BCUT2D eigenvalue weighted by Crippen LogP contribution is 2.34. The van der Waals surface area contributed by atoms with Gasteiger partial charge in [0.25, 0.3) is 0 Å². The molecule has 1 saturated heterocycles. The molecule has 0 radical (unpaired) electrons. The molecule has 0 spiro atoms. The minimum absolute atomic E-state index is 0.00223. The normalized spacial score (nSPS) is 16.5. The number of halogens is 3. The molecule has 0 aliphatic carbocycles. The molecule has 4 aromatic rings. The van der Waals surface area contributed by atoms with E-state index in [0.29, 0.717) is 47.9 Å². The molecule has 1 aliphatic heterocycles. The van der Waals surface area contributed by atoms with Gasteiger partial charge in [-0.1, -0.05) is 0 Å². The number of nitrogens with one attached hydrogen (secondary N) is 1. The van der Waals surface area contributed by atoms with Gasteiger partial charge in [-0.2, -0.15) is 23.4 Å². The van der Waals surface area contributed by atoms with E-state index in [2.05, 4.69) is 30.4 Å². The Kier molecular flexibility index (Phi) is 6.98. The Morgan fingerprint density at radius 2 is 2.00 bits per heavy atom. The third kappa shape index (κ3) is 5.83. The second kappa shape index (κ2) is 10.3. The van der Waals surface area contributed by atoms with E-state index in [1.807, 2.05) is 18.2 Å². The number of alkyl halides is 3. The molecule has 0 aromatic carbocycles. The number of fused-ring (bicyclic) bond motifs is 1. The molecule has 0 amide bonds. The zero-order valence-electron chi connectivity index (χ0n) is 20.1. The fourth-order valence-corrected chi connectivity index (χ4v) is 4.54. The Balaban J connectivity index is 1.46. The van der Waals surface area contributed by atoms with Gasteiger partial charge in [0.05, 0.1) is 12.4 Å². The van der Waals surface area contributed by atoms with Gasteiger partial charge in [0.15, 0.2) is 5.65 Å². The average Bonchev–Trinajstić information content (AvgIpc) is 3.48. The average molecular weight is 516 g/mol. The van der Waals surface area contributed by atoms with Crippen LogP contribution in [0, 0.1) is 0 Å². The van der Waals surface area contributed by atoms with Crippen LogP contribution in [0.1, 0.15) is 19.3 Å². The molecule has 4 aromatic heterocycles. The number of hydrogen-bond donors (Lipinski definition) is 3. The van der Waals surface area contributed by atoms with Crippen LogP contribution in [0.3, 0.4) is 0 Å². The van der Waals surface area contributed by atoms with Gasteiger partial charge in [0.1, 0.15) is 18.2 Å². The zero-order chi connectivity index (χ0) is 26.0. The lowest BCUT2D eigenvalue weighted by Crippen LogP contribution is -2.43. The molecule has 5 rings (SSSR count). The third-order valence-corrected chi connectivity index (χ3v) is 6.24. The molecular formula is C24H28F3N9O. The Morgan fingerprint density at radius 1 is 1.14 bits per heavy atom. The number of nitrogens with two attached hydrogens (primary N) is 1. The highest BCUT2D eigenvalue weighted by Gasteiger charge is 2.29. The summed E-state index contributed by atoms with van der Waals surface area (Å²) in [5.74, 6) is 1.10. The molecule has 0 saturated carbocycles. The molecule has 0 bridgehead atoms. The zero-order valence-corrected chi connectivity index (χ0v) is 20.1. The first kappa shape index (κ1) is 25.0. The number of anilines is 3. The summed E-state index contributed by atoms with van der Waals surface area (Å²) in [7, 11) is 0. The Morgan fingerprint density at radius 3 is 2.78 bits per heavy atom. The Bertz CT molecular complexity index is 1370. The number of aryl methyl sites for hydroxylation is 1. The van der Waals surface area contributed by atoms with E-state index in [4.69, 9.17) is 10.8 Å². The van der Waals surface area contributed by atoms with E-state index in [0.717, 1.165) is 35.1 Å². The van der Waals surface area contributed by atoms with Crippen molar-refractivity contribution in [1.82, 2.24) is 29.5 Å². The van der Waals surface area contributed by atoms with E-state index in [-0.39, 0.29) is 12.6 Å². The van der Waals surface area contributed by atoms with E-state index in [1.54, 1.807) is 17.1 Å². The quantitative estimate of drug-likeness (QED) is 0.327. The minimum atomic E-state index is -4.36. The number of piperidine rings is 1. The number of rotatable bonds is 8. The van der Waals surface area contributed by atoms with Crippen LogP contribution in [-0.4, -0.2) is 66.5 Å². The van der Waals surface area contributed by atoms with E-state index in [1.165, 1.54) is 12.4 Å². The summed E-state index contributed by atoms with van der Waals surface area (Å²) >= 11 is 0. The van der Waals surface area contributed by atoms with Gasteiger partial charge in [-0.25, -0.2) is 14.6 Å². The molecule has 37 heavy (non-hydrogen) atoms. The van der Waals surface area contributed by atoms with Crippen molar-refractivity contribution < 1.29 is 18.3 Å². The van der Waals surface area contributed by atoms with Gasteiger partial charge in [-0.3, -0.25) is 4.68 Å². The predicted molar refractivity (Wildman–Crippen MR) is 133 cm³/mol. The smallest absolute Gasteiger partial charge is 0.396 e. The summed E-state index contributed by atoms with van der Waals surface area (Å²) < 4.78 is 41.2. The van der Waals surface area contributed by atoms with Crippen molar-refractivity contribution in [3.8, 4) is 11.1 Å². The largest absolute Gasteiger partial charge is 0.408 e. The summed E-state index contributed by atoms with van der Waals surface area (Å²) in [6.45, 7) is 0.849. The second-order valence-electron chi connectivity index (χ2n) is 9.16. The second-order valence-corrected chi connectivity index (χ2v) is 9.16. The molecule has 5 heterocycles. The molecule has 196 valence electrons. The van der Waals surface area contributed by atoms with Crippen molar-refractivity contribution in [2.45, 2.75) is 44.6 Å². The van der Waals surface area contributed by atoms with Crippen LogP contribution >= 0.6 is 0 Å². The maximum Gasteiger partial charge on any atom is 0.408 e. The predicted octanol–water partition coefficient (Wildman–Crippen LogP) is 3.31. The Hall–Kier alpha value is -3.71.